The second-order valence-corrected chi connectivity index (χ2v) is 6.17. The van der Waals surface area contributed by atoms with Crippen molar-refractivity contribution in [2.24, 2.45) is 5.92 Å². The Bertz CT molecular complexity index is 432. The first-order chi connectivity index (χ1) is 8.91. The van der Waals surface area contributed by atoms with Gasteiger partial charge in [-0.3, -0.25) is 0 Å². The molecule has 0 bridgehead atoms. The van der Waals surface area contributed by atoms with Gasteiger partial charge in [0, 0.05) is 4.90 Å². The fraction of sp³-hybridized carbons (Fsp3) is 0.600. The van der Waals surface area contributed by atoms with Gasteiger partial charge in [-0.1, -0.05) is 12.1 Å². The highest BCUT2D eigenvalue weighted by atomic mass is 32.2. The highest BCUT2D eigenvalue weighted by molar-refractivity contribution is 7.98. The number of hydrogen-bond acceptors (Lipinski definition) is 1. The zero-order valence-corrected chi connectivity index (χ0v) is 12.1. The molecule has 0 radical (unpaired) electrons. The summed E-state index contributed by atoms with van der Waals surface area (Å²) < 4.78 is 37.9. The smallest absolute Gasteiger partial charge is 0.171 e. The van der Waals surface area contributed by atoms with E-state index >= 15 is 0 Å². The number of thioether (sulfide) groups is 1. The fourth-order valence-corrected chi connectivity index (χ4v) is 3.49. The third-order valence-corrected chi connectivity index (χ3v) is 4.98. The van der Waals surface area contributed by atoms with Gasteiger partial charge in [0.1, 0.15) is 0 Å². The Morgan fingerprint density at radius 3 is 2.21 bits per heavy atom. The predicted octanol–water partition coefficient (Wildman–Crippen LogP) is 5.55. The van der Waals surface area contributed by atoms with Crippen molar-refractivity contribution in [2.75, 3.05) is 6.26 Å². The maximum Gasteiger partial charge on any atom is 0.391 e. The van der Waals surface area contributed by atoms with Crippen LogP contribution in [0.25, 0.3) is 0 Å². The zero-order valence-electron chi connectivity index (χ0n) is 11.3. The molecule has 106 valence electrons. The molecule has 0 N–H and O–H groups in total. The van der Waals surface area contributed by atoms with Crippen molar-refractivity contribution < 1.29 is 13.2 Å². The first-order valence-corrected chi connectivity index (χ1v) is 7.85. The Kier molecular flexibility index (Phi) is 4.49. The molecule has 0 aliphatic heterocycles. The van der Waals surface area contributed by atoms with E-state index in [0.29, 0.717) is 18.8 Å². The number of halogens is 3. The SMILES string of the molecule is CSc1ccc(C2CCC(C(F)(F)F)CC2)cc1C. The lowest BCUT2D eigenvalue weighted by Crippen LogP contribution is -2.27. The number of aryl methyl sites for hydroxylation is 1. The molecule has 0 unspecified atom stereocenters. The number of rotatable bonds is 2. The van der Waals surface area contributed by atoms with Gasteiger partial charge >= 0.3 is 6.18 Å². The third kappa shape index (κ3) is 3.47. The van der Waals surface area contributed by atoms with Gasteiger partial charge in [-0.15, -0.1) is 11.8 Å². The van der Waals surface area contributed by atoms with Gasteiger partial charge in [0.25, 0.3) is 0 Å². The molecule has 0 aromatic heterocycles. The second kappa shape index (κ2) is 5.78. The second-order valence-electron chi connectivity index (χ2n) is 5.32. The molecule has 0 atom stereocenters. The lowest BCUT2D eigenvalue weighted by molar-refractivity contribution is -0.182. The summed E-state index contributed by atoms with van der Waals surface area (Å²) in [6.45, 7) is 2.07. The van der Waals surface area contributed by atoms with Gasteiger partial charge in [-0.25, -0.2) is 0 Å². The number of benzene rings is 1. The molecule has 0 spiro atoms. The van der Waals surface area contributed by atoms with E-state index in [1.807, 2.05) is 6.26 Å². The Morgan fingerprint density at radius 1 is 1.11 bits per heavy atom. The van der Waals surface area contributed by atoms with Crippen LogP contribution in [0, 0.1) is 12.8 Å². The van der Waals surface area contributed by atoms with Crippen LogP contribution >= 0.6 is 11.8 Å². The molecule has 2 rings (SSSR count). The van der Waals surface area contributed by atoms with Crippen molar-refractivity contribution in [3.63, 3.8) is 0 Å². The van der Waals surface area contributed by atoms with Crippen LogP contribution in [0.4, 0.5) is 13.2 Å². The van der Waals surface area contributed by atoms with Crippen LogP contribution in [0.3, 0.4) is 0 Å². The van der Waals surface area contributed by atoms with Gasteiger partial charge in [0.15, 0.2) is 0 Å². The highest BCUT2D eigenvalue weighted by Crippen LogP contribution is 2.43. The van der Waals surface area contributed by atoms with Crippen LogP contribution in [0.5, 0.6) is 0 Å². The normalized spacial score (nSPS) is 24.5. The highest BCUT2D eigenvalue weighted by Gasteiger charge is 2.41. The molecule has 0 heterocycles. The summed E-state index contributed by atoms with van der Waals surface area (Å²) >= 11 is 1.71. The molecule has 19 heavy (non-hydrogen) atoms. The molecule has 0 nitrogen and oxygen atoms in total. The van der Waals surface area contributed by atoms with Crippen LogP contribution in [0.15, 0.2) is 23.1 Å². The summed E-state index contributed by atoms with van der Waals surface area (Å²) in [6.07, 6.45) is -0.112. The topological polar surface area (TPSA) is 0 Å². The Hall–Kier alpha value is -0.640. The molecule has 1 fully saturated rings. The van der Waals surface area contributed by atoms with Crippen LogP contribution in [-0.4, -0.2) is 12.4 Å². The molecule has 0 saturated heterocycles. The molecule has 1 aromatic carbocycles. The molecule has 1 aromatic rings. The quantitative estimate of drug-likeness (QED) is 0.643. The maximum absolute atomic E-state index is 12.6. The number of alkyl halides is 3. The molecule has 1 aliphatic rings. The molecule has 1 saturated carbocycles. The first kappa shape index (κ1) is 14.8. The van der Waals surface area contributed by atoms with E-state index in [1.54, 1.807) is 11.8 Å². The molecule has 4 heteroatoms. The summed E-state index contributed by atoms with van der Waals surface area (Å²) in [5.41, 5.74) is 2.43. The van der Waals surface area contributed by atoms with Crippen LogP contribution < -0.4 is 0 Å². The van der Waals surface area contributed by atoms with E-state index in [4.69, 9.17) is 0 Å². The van der Waals surface area contributed by atoms with E-state index in [1.165, 1.54) is 16.0 Å². The molecular formula is C15H19F3S. The first-order valence-electron chi connectivity index (χ1n) is 6.63. The lowest BCUT2D eigenvalue weighted by Gasteiger charge is -2.30. The summed E-state index contributed by atoms with van der Waals surface area (Å²) in [5.74, 6) is -0.788. The van der Waals surface area contributed by atoms with Gasteiger partial charge in [0.2, 0.25) is 0 Å². The van der Waals surface area contributed by atoms with Crippen LogP contribution in [0.1, 0.15) is 42.7 Å². The summed E-state index contributed by atoms with van der Waals surface area (Å²) in [4.78, 5) is 1.24. The van der Waals surface area contributed by atoms with Crippen molar-refractivity contribution in [1.29, 1.82) is 0 Å². The van der Waals surface area contributed by atoms with Crippen LogP contribution in [0.2, 0.25) is 0 Å². The monoisotopic (exact) mass is 288 g/mol. The van der Waals surface area contributed by atoms with E-state index in [-0.39, 0.29) is 12.8 Å². The molecule has 0 amide bonds. The summed E-state index contributed by atoms with van der Waals surface area (Å²) in [6, 6.07) is 6.31. The summed E-state index contributed by atoms with van der Waals surface area (Å²) in [7, 11) is 0. The summed E-state index contributed by atoms with van der Waals surface area (Å²) in [5, 5.41) is 0. The van der Waals surface area contributed by atoms with E-state index in [0.717, 1.165) is 0 Å². The van der Waals surface area contributed by atoms with Crippen molar-refractivity contribution in [2.45, 2.75) is 49.6 Å². The number of hydrogen-bond donors (Lipinski definition) is 0. The average Bonchev–Trinajstić information content (AvgIpc) is 2.38. The Morgan fingerprint density at radius 2 is 1.74 bits per heavy atom. The van der Waals surface area contributed by atoms with E-state index < -0.39 is 12.1 Å². The van der Waals surface area contributed by atoms with Gasteiger partial charge in [0.05, 0.1) is 5.92 Å². The lowest BCUT2D eigenvalue weighted by atomic mass is 9.78. The van der Waals surface area contributed by atoms with Crippen molar-refractivity contribution in [3.05, 3.63) is 29.3 Å². The van der Waals surface area contributed by atoms with Gasteiger partial charge in [-0.05, 0) is 62.0 Å². The minimum Gasteiger partial charge on any atom is -0.171 e. The van der Waals surface area contributed by atoms with E-state index in [9.17, 15) is 13.2 Å². The largest absolute Gasteiger partial charge is 0.391 e. The average molecular weight is 288 g/mol. The van der Waals surface area contributed by atoms with Crippen molar-refractivity contribution in [1.82, 2.24) is 0 Å². The van der Waals surface area contributed by atoms with Gasteiger partial charge < -0.3 is 0 Å². The molecular weight excluding hydrogens is 269 g/mol. The Labute approximate surface area is 116 Å². The van der Waals surface area contributed by atoms with Gasteiger partial charge in [-0.2, -0.15) is 13.2 Å². The van der Waals surface area contributed by atoms with E-state index in [2.05, 4.69) is 25.1 Å². The maximum atomic E-state index is 12.6. The van der Waals surface area contributed by atoms with Crippen molar-refractivity contribution in [3.8, 4) is 0 Å². The third-order valence-electron chi connectivity index (χ3n) is 4.08. The zero-order chi connectivity index (χ0) is 14.0. The fourth-order valence-electron chi connectivity index (χ4n) is 2.91. The standard InChI is InChI=1S/C15H19F3S/c1-10-9-12(5-8-14(10)19-2)11-3-6-13(7-4-11)15(16,17)18/h5,8-9,11,13H,3-4,6-7H2,1-2H3. The van der Waals surface area contributed by atoms with Crippen LogP contribution in [-0.2, 0) is 0 Å². The minimum absolute atomic E-state index is 0.275. The predicted molar refractivity (Wildman–Crippen MR) is 73.7 cm³/mol. The van der Waals surface area contributed by atoms with Crippen molar-refractivity contribution >= 4 is 11.8 Å². The molecule has 1 aliphatic carbocycles. The Balaban J connectivity index is 2.04. The minimum atomic E-state index is -4.01.